The van der Waals surface area contributed by atoms with Crippen LogP contribution in [0.15, 0.2) is 48.5 Å². The predicted octanol–water partition coefficient (Wildman–Crippen LogP) is 5.17. The van der Waals surface area contributed by atoms with Gasteiger partial charge in [-0.05, 0) is 11.1 Å². The first-order chi connectivity index (χ1) is 14.3. The van der Waals surface area contributed by atoms with Crippen molar-refractivity contribution in [3.05, 3.63) is 79.9 Å². The lowest BCUT2D eigenvalue weighted by atomic mass is 10.0. The van der Waals surface area contributed by atoms with Crippen LogP contribution in [0.2, 0.25) is 0 Å². The number of alkyl halides is 6. The van der Waals surface area contributed by atoms with E-state index >= 15 is 0 Å². The molecule has 0 saturated heterocycles. The van der Waals surface area contributed by atoms with Gasteiger partial charge in [-0.25, -0.2) is 0 Å². The molecule has 31 heavy (non-hydrogen) atoms. The van der Waals surface area contributed by atoms with Gasteiger partial charge in [0.15, 0.2) is 12.2 Å². The molecule has 0 saturated carbocycles. The van der Waals surface area contributed by atoms with Gasteiger partial charge in [0.25, 0.3) is 11.4 Å². The number of nitrogens with zero attached hydrogens (tertiary/aromatic N) is 2. The summed E-state index contributed by atoms with van der Waals surface area (Å²) in [5, 5.41) is 21.6. The summed E-state index contributed by atoms with van der Waals surface area (Å²) in [6.07, 6.45) is -18.4. The summed E-state index contributed by atoms with van der Waals surface area (Å²) >= 11 is 0. The number of nitro benzene ring substituents is 2. The molecule has 0 amide bonds. The van der Waals surface area contributed by atoms with Crippen molar-refractivity contribution in [2.24, 2.45) is 0 Å². The maximum Gasteiger partial charge on any atom is 0.414 e. The molecule has 0 spiro atoms. The summed E-state index contributed by atoms with van der Waals surface area (Å²) in [4.78, 5) is 19.9. The number of nitro groups is 2. The molecule has 0 radical (unpaired) electrons. The fourth-order valence-electron chi connectivity index (χ4n) is 2.70. The Bertz CT molecular complexity index is 872. The highest BCUT2D eigenvalue weighted by Gasteiger charge is 2.48. The first kappa shape index (κ1) is 24.1. The SMILES string of the molecule is O=[N+]([O-])c1cccc(CC(OC(Cc2cccc([N+](=O)[O-])c2)C(F)(F)F)C(F)(F)F)c1. The molecule has 0 N–H and O–H groups in total. The molecule has 168 valence electrons. The molecule has 2 atom stereocenters. The van der Waals surface area contributed by atoms with Crippen LogP contribution in [0.25, 0.3) is 0 Å². The zero-order chi connectivity index (χ0) is 23.4. The van der Waals surface area contributed by atoms with Crippen molar-refractivity contribution in [3.8, 4) is 0 Å². The van der Waals surface area contributed by atoms with Crippen LogP contribution in [0, 0.1) is 20.2 Å². The van der Waals surface area contributed by atoms with Gasteiger partial charge in [-0.2, -0.15) is 26.3 Å². The molecular formula is C18H14F6N2O5. The van der Waals surface area contributed by atoms with E-state index < -0.39 is 58.6 Å². The highest BCUT2D eigenvalue weighted by molar-refractivity contribution is 5.35. The summed E-state index contributed by atoms with van der Waals surface area (Å²) in [5.41, 5.74) is -1.54. The first-order valence-electron chi connectivity index (χ1n) is 8.53. The largest absolute Gasteiger partial charge is 0.414 e. The molecule has 7 nitrogen and oxygen atoms in total. The molecule has 0 aromatic heterocycles. The molecule has 13 heteroatoms. The highest BCUT2D eigenvalue weighted by atomic mass is 19.4. The Morgan fingerprint density at radius 2 is 1.10 bits per heavy atom. The minimum atomic E-state index is -5.21. The molecule has 0 heterocycles. The van der Waals surface area contributed by atoms with Crippen molar-refractivity contribution >= 4 is 11.4 Å². The molecule has 2 aromatic carbocycles. The zero-order valence-corrected chi connectivity index (χ0v) is 15.4. The van der Waals surface area contributed by atoms with E-state index in [0.717, 1.165) is 48.5 Å². The van der Waals surface area contributed by atoms with E-state index in [4.69, 9.17) is 0 Å². The highest BCUT2D eigenvalue weighted by Crippen LogP contribution is 2.34. The van der Waals surface area contributed by atoms with Crippen molar-refractivity contribution in [1.82, 2.24) is 0 Å². The van der Waals surface area contributed by atoms with Gasteiger partial charge in [-0.3, -0.25) is 20.2 Å². The number of hydrogen-bond donors (Lipinski definition) is 0. The summed E-state index contributed by atoms with van der Waals surface area (Å²) in [7, 11) is 0. The van der Waals surface area contributed by atoms with Crippen LogP contribution in [0.1, 0.15) is 11.1 Å². The van der Waals surface area contributed by atoms with Crippen molar-refractivity contribution < 1.29 is 40.9 Å². The molecule has 0 aliphatic rings. The minimum absolute atomic E-state index is 0.243. The number of halogens is 6. The van der Waals surface area contributed by atoms with Crippen LogP contribution in [0.4, 0.5) is 37.7 Å². The first-order valence-corrected chi connectivity index (χ1v) is 8.53. The minimum Gasteiger partial charge on any atom is -0.355 e. The third-order valence-corrected chi connectivity index (χ3v) is 4.14. The normalized spacial score (nSPS) is 14.1. The molecule has 2 aromatic rings. The second-order valence-corrected chi connectivity index (χ2v) is 6.46. The summed E-state index contributed by atoms with van der Waals surface area (Å²) in [6, 6.07) is 8.06. The molecular weight excluding hydrogens is 438 g/mol. The van der Waals surface area contributed by atoms with Gasteiger partial charge in [0.1, 0.15) is 0 Å². The Morgan fingerprint density at radius 1 is 0.742 bits per heavy atom. The monoisotopic (exact) mass is 452 g/mol. The van der Waals surface area contributed by atoms with E-state index in [9.17, 15) is 46.6 Å². The molecule has 0 bridgehead atoms. The molecule has 2 rings (SSSR count). The van der Waals surface area contributed by atoms with E-state index in [1.54, 1.807) is 0 Å². The Labute approximate surface area is 170 Å². The maximum absolute atomic E-state index is 13.4. The lowest BCUT2D eigenvalue weighted by Gasteiger charge is -2.28. The van der Waals surface area contributed by atoms with Crippen LogP contribution in [0.5, 0.6) is 0 Å². The van der Waals surface area contributed by atoms with Crippen LogP contribution in [-0.2, 0) is 17.6 Å². The third-order valence-electron chi connectivity index (χ3n) is 4.14. The van der Waals surface area contributed by atoms with Gasteiger partial charge in [-0.15, -0.1) is 0 Å². The summed E-state index contributed by atoms with van der Waals surface area (Å²) < 4.78 is 84.8. The Balaban J connectivity index is 2.30. The van der Waals surface area contributed by atoms with E-state index in [1.165, 1.54) is 0 Å². The van der Waals surface area contributed by atoms with Gasteiger partial charge in [-0.1, -0.05) is 24.3 Å². The lowest BCUT2D eigenvalue weighted by molar-refractivity contribution is -0.385. The van der Waals surface area contributed by atoms with Crippen molar-refractivity contribution in [1.29, 1.82) is 0 Å². The second kappa shape index (κ2) is 9.29. The van der Waals surface area contributed by atoms with Gasteiger partial charge >= 0.3 is 12.4 Å². The molecule has 0 aliphatic carbocycles. The number of rotatable bonds is 8. The second-order valence-electron chi connectivity index (χ2n) is 6.46. The standard InChI is InChI=1S/C18H14F6N2O5/c19-17(20,21)15(9-11-3-1-5-13(7-11)25(27)28)31-16(18(22,23)24)10-12-4-2-6-14(8-12)26(29)30/h1-8,15-16H,9-10H2. The van der Waals surface area contributed by atoms with Gasteiger partial charge in [0.05, 0.1) is 9.85 Å². The summed E-state index contributed by atoms with van der Waals surface area (Å²) in [5.74, 6) is 0. The van der Waals surface area contributed by atoms with E-state index in [2.05, 4.69) is 4.74 Å². The van der Waals surface area contributed by atoms with Crippen molar-refractivity contribution in [2.75, 3.05) is 0 Å². The zero-order valence-electron chi connectivity index (χ0n) is 15.4. The molecule has 0 aliphatic heterocycles. The topological polar surface area (TPSA) is 95.5 Å². The fraction of sp³-hybridized carbons (Fsp3) is 0.333. The number of benzene rings is 2. The van der Waals surface area contributed by atoms with Crippen molar-refractivity contribution in [3.63, 3.8) is 0 Å². The maximum atomic E-state index is 13.4. The van der Waals surface area contributed by atoms with Crippen LogP contribution >= 0.6 is 0 Å². The summed E-state index contributed by atoms with van der Waals surface area (Å²) in [6.45, 7) is 0. The number of ether oxygens (including phenoxy) is 1. The predicted molar refractivity (Wildman–Crippen MR) is 94.4 cm³/mol. The molecule has 2 unspecified atom stereocenters. The van der Waals surface area contributed by atoms with E-state index in [0.29, 0.717) is 0 Å². The van der Waals surface area contributed by atoms with Gasteiger partial charge in [0, 0.05) is 37.1 Å². The quantitative estimate of drug-likeness (QED) is 0.313. The Morgan fingerprint density at radius 3 is 1.39 bits per heavy atom. The van der Waals surface area contributed by atoms with Gasteiger partial charge in [0.2, 0.25) is 0 Å². The van der Waals surface area contributed by atoms with E-state index in [-0.39, 0.29) is 11.1 Å². The van der Waals surface area contributed by atoms with Crippen LogP contribution in [-0.4, -0.2) is 34.4 Å². The van der Waals surface area contributed by atoms with Gasteiger partial charge < -0.3 is 4.74 Å². The fourth-order valence-corrected chi connectivity index (χ4v) is 2.70. The average Bonchev–Trinajstić information content (AvgIpc) is 2.65. The lowest BCUT2D eigenvalue weighted by Crippen LogP contribution is -2.43. The number of hydrogen-bond acceptors (Lipinski definition) is 5. The van der Waals surface area contributed by atoms with Crippen molar-refractivity contribution in [2.45, 2.75) is 37.4 Å². The number of non-ortho nitro benzene ring substituents is 2. The van der Waals surface area contributed by atoms with Crippen LogP contribution in [0.3, 0.4) is 0 Å². The Hall–Kier alpha value is -3.22. The average molecular weight is 452 g/mol. The Kier molecular flexibility index (Phi) is 7.21. The molecule has 0 fully saturated rings. The van der Waals surface area contributed by atoms with Crippen LogP contribution < -0.4 is 0 Å². The smallest absolute Gasteiger partial charge is 0.355 e. The van der Waals surface area contributed by atoms with E-state index in [1.807, 2.05) is 0 Å². The third kappa shape index (κ3) is 6.91.